The molecule has 8 heteroatoms. The standard InChI is InChI=1S/C22H32N2O6/c1-28-18-8-7-17(19(13-18)29-2)14-23-20(25)9-6-16-5-4-12-24(15-16)21(26)10-11-22(27)30-3/h7-8,13,16H,4-6,9-12,14-15H2,1-3H3,(H,23,25)/t16-/m0/s1. The van der Waals surface area contributed by atoms with Gasteiger partial charge in [-0.2, -0.15) is 0 Å². The Hall–Kier alpha value is -2.77. The highest BCUT2D eigenvalue weighted by Crippen LogP contribution is 2.25. The number of carbonyl (C=O) groups excluding carboxylic acids is 3. The topological polar surface area (TPSA) is 94.2 Å². The minimum absolute atomic E-state index is 0.0259. The zero-order chi connectivity index (χ0) is 21.9. The summed E-state index contributed by atoms with van der Waals surface area (Å²) in [4.78, 5) is 37.6. The number of likely N-dealkylation sites (tertiary alicyclic amines) is 1. The van der Waals surface area contributed by atoms with Crippen LogP contribution in [0.15, 0.2) is 18.2 Å². The normalized spacial score (nSPS) is 16.0. The SMILES string of the molecule is COC(=O)CCC(=O)N1CCC[C@@H](CCC(=O)NCc2ccc(OC)cc2OC)C1. The lowest BCUT2D eigenvalue weighted by Crippen LogP contribution is -2.40. The molecule has 8 nitrogen and oxygen atoms in total. The molecule has 0 spiro atoms. The summed E-state index contributed by atoms with van der Waals surface area (Å²) < 4.78 is 15.1. The average Bonchev–Trinajstić information content (AvgIpc) is 2.79. The molecule has 1 saturated heterocycles. The van der Waals surface area contributed by atoms with Gasteiger partial charge in [0.05, 0.1) is 27.8 Å². The van der Waals surface area contributed by atoms with Crippen molar-refractivity contribution in [1.82, 2.24) is 10.2 Å². The van der Waals surface area contributed by atoms with E-state index in [2.05, 4.69) is 10.1 Å². The Morgan fingerprint density at radius 3 is 2.60 bits per heavy atom. The number of benzene rings is 1. The number of ether oxygens (including phenoxy) is 3. The first kappa shape index (κ1) is 23.5. The first-order valence-corrected chi connectivity index (χ1v) is 10.3. The van der Waals surface area contributed by atoms with Crippen molar-refractivity contribution in [1.29, 1.82) is 0 Å². The molecule has 1 aliphatic rings. The molecular formula is C22H32N2O6. The minimum Gasteiger partial charge on any atom is -0.497 e. The predicted octanol–water partition coefficient (Wildman–Crippen LogP) is 2.29. The number of rotatable bonds is 10. The van der Waals surface area contributed by atoms with Crippen molar-refractivity contribution >= 4 is 17.8 Å². The van der Waals surface area contributed by atoms with Gasteiger partial charge in [0.15, 0.2) is 0 Å². The fourth-order valence-corrected chi connectivity index (χ4v) is 3.61. The van der Waals surface area contributed by atoms with Gasteiger partial charge in [-0.3, -0.25) is 14.4 Å². The van der Waals surface area contributed by atoms with Gasteiger partial charge in [-0.15, -0.1) is 0 Å². The highest BCUT2D eigenvalue weighted by atomic mass is 16.5. The summed E-state index contributed by atoms with van der Waals surface area (Å²) in [6.07, 6.45) is 3.33. The van der Waals surface area contributed by atoms with Gasteiger partial charge in [0.2, 0.25) is 11.8 Å². The van der Waals surface area contributed by atoms with Gasteiger partial charge in [0, 0.05) is 44.1 Å². The van der Waals surface area contributed by atoms with Gasteiger partial charge in [-0.25, -0.2) is 0 Å². The van der Waals surface area contributed by atoms with Gasteiger partial charge in [-0.1, -0.05) is 0 Å². The molecule has 0 unspecified atom stereocenters. The van der Waals surface area contributed by atoms with Gasteiger partial charge < -0.3 is 24.4 Å². The molecule has 1 aromatic carbocycles. The van der Waals surface area contributed by atoms with Gasteiger partial charge >= 0.3 is 5.97 Å². The van der Waals surface area contributed by atoms with Crippen LogP contribution < -0.4 is 14.8 Å². The van der Waals surface area contributed by atoms with E-state index in [1.165, 1.54) is 7.11 Å². The molecule has 0 radical (unpaired) electrons. The van der Waals surface area contributed by atoms with Gasteiger partial charge in [-0.05, 0) is 37.3 Å². The molecule has 0 aromatic heterocycles. The number of hydrogen-bond donors (Lipinski definition) is 1. The molecule has 0 aliphatic carbocycles. The second kappa shape index (κ2) is 12.0. The summed E-state index contributed by atoms with van der Waals surface area (Å²) in [6.45, 7) is 1.73. The Balaban J connectivity index is 1.75. The van der Waals surface area contributed by atoms with E-state index in [9.17, 15) is 14.4 Å². The Labute approximate surface area is 177 Å². The van der Waals surface area contributed by atoms with Crippen LogP contribution in [0.2, 0.25) is 0 Å². The number of nitrogens with one attached hydrogen (secondary N) is 1. The molecule has 1 atom stereocenters. The summed E-state index contributed by atoms with van der Waals surface area (Å²) in [5.41, 5.74) is 0.881. The van der Waals surface area contributed by atoms with E-state index < -0.39 is 0 Å². The molecule has 0 saturated carbocycles. The maximum atomic E-state index is 12.3. The summed E-state index contributed by atoms with van der Waals surface area (Å²) in [5.74, 6) is 1.24. The van der Waals surface area contributed by atoms with Crippen molar-refractivity contribution < 1.29 is 28.6 Å². The fourth-order valence-electron chi connectivity index (χ4n) is 3.61. The molecule has 1 aromatic rings. The van der Waals surface area contributed by atoms with Crippen LogP contribution in [0.3, 0.4) is 0 Å². The third kappa shape index (κ3) is 7.24. The van der Waals surface area contributed by atoms with Crippen LogP contribution >= 0.6 is 0 Å². The van der Waals surface area contributed by atoms with Crippen LogP contribution in [0, 0.1) is 5.92 Å². The molecular weight excluding hydrogens is 388 g/mol. The highest BCUT2D eigenvalue weighted by molar-refractivity contribution is 5.81. The third-order valence-corrected chi connectivity index (χ3v) is 5.39. The smallest absolute Gasteiger partial charge is 0.306 e. The number of esters is 1. The lowest BCUT2D eigenvalue weighted by atomic mass is 9.93. The van der Waals surface area contributed by atoms with Crippen LogP contribution in [0.4, 0.5) is 0 Å². The molecule has 2 rings (SSSR count). The van der Waals surface area contributed by atoms with E-state index in [0.717, 1.165) is 24.8 Å². The molecule has 30 heavy (non-hydrogen) atoms. The van der Waals surface area contributed by atoms with Gasteiger partial charge in [0.25, 0.3) is 0 Å². The van der Waals surface area contributed by atoms with Crippen LogP contribution in [0.5, 0.6) is 11.5 Å². The summed E-state index contributed by atoms with van der Waals surface area (Å²) >= 11 is 0. The Kier molecular flexibility index (Phi) is 9.44. The second-order valence-electron chi connectivity index (χ2n) is 7.42. The van der Waals surface area contributed by atoms with Crippen molar-refractivity contribution in [2.45, 2.75) is 45.1 Å². The fraction of sp³-hybridized carbons (Fsp3) is 0.591. The maximum Gasteiger partial charge on any atom is 0.306 e. The number of methoxy groups -OCH3 is 3. The number of piperidine rings is 1. The van der Waals surface area contributed by atoms with Crippen LogP contribution in [-0.4, -0.2) is 57.1 Å². The van der Waals surface area contributed by atoms with E-state index in [1.54, 1.807) is 25.2 Å². The summed E-state index contributed by atoms with van der Waals surface area (Å²) in [6, 6.07) is 5.49. The zero-order valence-electron chi connectivity index (χ0n) is 18.1. The van der Waals surface area contributed by atoms with Crippen LogP contribution in [0.1, 0.15) is 44.1 Å². The minimum atomic E-state index is -0.373. The molecule has 1 heterocycles. The van der Waals surface area contributed by atoms with Crippen LogP contribution in [0.25, 0.3) is 0 Å². The number of hydrogen-bond acceptors (Lipinski definition) is 6. The van der Waals surface area contributed by atoms with Crippen molar-refractivity contribution in [2.75, 3.05) is 34.4 Å². The Morgan fingerprint density at radius 1 is 1.10 bits per heavy atom. The monoisotopic (exact) mass is 420 g/mol. The van der Waals surface area contributed by atoms with E-state index in [4.69, 9.17) is 9.47 Å². The highest BCUT2D eigenvalue weighted by Gasteiger charge is 2.24. The molecule has 2 amide bonds. The van der Waals surface area contributed by atoms with Crippen LogP contribution in [-0.2, 0) is 25.7 Å². The second-order valence-corrected chi connectivity index (χ2v) is 7.42. The maximum absolute atomic E-state index is 12.3. The largest absolute Gasteiger partial charge is 0.497 e. The van der Waals surface area contributed by atoms with Crippen molar-refractivity contribution in [2.24, 2.45) is 5.92 Å². The van der Waals surface area contributed by atoms with Gasteiger partial charge in [0.1, 0.15) is 11.5 Å². The molecule has 1 aliphatic heterocycles. The zero-order valence-corrected chi connectivity index (χ0v) is 18.1. The average molecular weight is 421 g/mol. The van der Waals surface area contributed by atoms with Crippen molar-refractivity contribution in [3.63, 3.8) is 0 Å². The number of amides is 2. The first-order valence-electron chi connectivity index (χ1n) is 10.3. The van der Waals surface area contributed by atoms with Crippen molar-refractivity contribution in [3.05, 3.63) is 23.8 Å². The predicted molar refractivity (Wildman–Crippen MR) is 111 cm³/mol. The molecule has 1 N–H and O–H groups in total. The molecule has 1 fully saturated rings. The number of nitrogens with zero attached hydrogens (tertiary/aromatic N) is 1. The Bertz CT molecular complexity index is 736. The molecule has 0 bridgehead atoms. The summed E-state index contributed by atoms with van der Waals surface area (Å²) in [5, 5.41) is 2.93. The lowest BCUT2D eigenvalue weighted by molar-refractivity contribution is -0.144. The van der Waals surface area contributed by atoms with E-state index in [-0.39, 0.29) is 30.6 Å². The third-order valence-electron chi connectivity index (χ3n) is 5.39. The molecule has 166 valence electrons. The Morgan fingerprint density at radius 2 is 1.90 bits per heavy atom. The number of carbonyl (C=O) groups is 3. The lowest BCUT2D eigenvalue weighted by Gasteiger charge is -2.32. The first-order chi connectivity index (χ1) is 14.5. The van der Waals surface area contributed by atoms with Crippen molar-refractivity contribution in [3.8, 4) is 11.5 Å². The van der Waals surface area contributed by atoms with E-state index in [0.29, 0.717) is 43.5 Å². The quantitative estimate of drug-likeness (QED) is 0.584. The van der Waals surface area contributed by atoms with E-state index >= 15 is 0 Å². The van der Waals surface area contributed by atoms with E-state index in [1.807, 2.05) is 12.1 Å². The summed E-state index contributed by atoms with van der Waals surface area (Å²) in [7, 11) is 4.50.